The fourth-order valence-corrected chi connectivity index (χ4v) is 2.92. The molecule has 1 aliphatic heterocycles. The first-order chi connectivity index (χ1) is 10.7. The number of anilines is 1. The van der Waals surface area contributed by atoms with Crippen LogP contribution in [0.25, 0.3) is 0 Å². The maximum absolute atomic E-state index is 12.0. The fourth-order valence-electron chi connectivity index (χ4n) is 2.92. The Morgan fingerprint density at radius 2 is 2.23 bits per heavy atom. The van der Waals surface area contributed by atoms with E-state index in [2.05, 4.69) is 27.6 Å². The number of nitrogens with two attached hydrogens (primary N) is 1. The van der Waals surface area contributed by atoms with Gasteiger partial charge in [0.15, 0.2) is 0 Å². The maximum Gasteiger partial charge on any atom is 0.221 e. The topological polar surface area (TPSA) is 83.3 Å². The smallest absolute Gasteiger partial charge is 0.221 e. The summed E-state index contributed by atoms with van der Waals surface area (Å²) in [6.45, 7) is 2.20. The number of nitrogens with zero attached hydrogens (tertiary/aromatic N) is 2. The lowest BCUT2D eigenvalue weighted by Crippen LogP contribution is -2.39. The van der Waals surface area contributed by atoms with E-state index in [1.165, 1.54) is 0 Å². The Hall–Kier alpha value is -1.66. The van der Waals surface area contributed by atoms with Gasteiger partial charge in [-0.2, -0.15) is 0 Å². The second-order valence-electron chi connectivity index (χ2n) is 5.86. The van der Waals surface area contributed by atoms with Gasteiger partial charge in [-0.25, -0.2) is 0 Å². The average molecular weight is 305 g/mol. The summed E-state index contributed by atoms with van der Waals surface area (Å²) < 4.78 is 0. The zero-order valence-corrected chi connectivity index (χ0v) is 13.3. The van der Waals surface area contributed by atoms with Crippen LogP contribution in [0.15, 0.2) is 24.5 Å². The van der Waals surface area contributed by atoms with Crippen LogP contribution in [0, 0.1) is 0 Å². The minimum Gasteiger partial charge on any atom is -0.384 e. The van der Waals surface area contributed by atoms with Gasteiger partial charge in [0.25, 0.3) is 0 Å². The third-order valence-electron chi connectivity index (χ3n) is 4.34. The van der Waals surface area contributed by atoms with E-state index in [-0.39, 0.29) is 5.91 Å². The van der Waals surface area contributed by atoms with Crippen LogP contribution in [0.1, 0.15) is 25.7 Å². The number of carbonyl (C=O) groups is 1. The number of pyridine rings is 1. The van der Waals surface area contributed by atoms with Gasteiger partial charge in [0, 0.05) is 50.5 Å². The molecule has 2 rings (SSSR count). The van der Waals surface area contributed by atoms with Gasteiger partial charge in [-0.1, -0.05) is 0 Å². The minimum atomic E-state index is 0.135. The Balaban J connectivity index is 1.56. The summed E-state index contributed by atoms with van der Waals surface area (Å²) in [4.78, 5) is 18.3. The molecule has 1 saturated heterocycles. The lowest BCUT2D eigenvalue weighted by molar-refractivity contribution is -0.122. The van der Waals surface area contributed by atoms with E-state index in [9.17, 15) is 4.79 Å². The van der Waals surface area contributed by atoms with Crippen LogP contribution in [-0.4, -0.2) is 54.6 Å². The summed E-state index contributed by atoms with van der Waals surface area (Å²) >= 11 is 0. The van der Waals surface area contributed by atoms with Crippen molar-refractivity contribution in [2.24, 2.45) is 5.73 Å². The molecular weight excluding hydrogens is 278 g/mol. The minimum absolute atomic E-state index is 0.135. The highest BCUT2D eigenvalue weighted by atomic mass is 16.1. The van der Waals surface area contributed by atoms with Gasteiger partial charge >= 0.3 is 0 Å². The molecule has 1 aromatic heterocycles. The second kappa shape index (κ2) is 8.70. The van der Waals surface area contributed by atoms with Gasteiger partial charge in [0.1, 0.15) is 0 Å². The molecular formula is C16H27N5O. The normalized spacial score (nSPS) is 21.7. The molecule has 4 N–H and O–H groups in total. The summed E-state index contributed by atoms with van der Waals surface area (Å²) in [7, 11) is 2.07. The van der Waals surface area contributed by atoms with Crippen molar-refractivity contribution in [1.29, 1.82) is 0 Å². The lowest BCUT2D eigenvalue weighted by atomic mass is 10.1. The van der Waals surface area contributed by atoms with Gasteiger partial charge in [-0.15, -0.1) is 0 Å². The third-order valence-corrected chi connectivity index (χ3v) is 4.34. The van der Waals surface area contributed by atoms with Crippen molar-refractivity contribution in [3.63, 3.8) is 0 Å². The summed E-state index contributed by atoms with van der Waals surface area (Å²) in [5.74, 6) is 0.135. The van der Waals surface area contributed by atoms with Gasteiger partial charge in [-0.3, -0.25) is 14.7 Å². The van der Waals surface area contributed by atoms with Crippen molar-refractivity contribution in [1.82, 2.24) is 15.2 Å². The SMILES string of the molecule is CN1[C@@H](CN)CC[C@H]1CC(=O)NCCCNc1cccnc1. The molecule has 22 heavy (non-hydrogen) atoms. The summed E-state index contributed by atoms with van der Waals surface area (Å²) in [5, 5.41) is 6.27. The van der Waals surface area contributed by atoms with Gasteiger partial charge < -0.3 is 16.4 Å². The monoisotopic (exact) mass is 305 g/mol. The standard InChI is InChI=1S/C16H27N5O/c1-21-14(5-6-15(21)11-17)10-16(22)20-9-3-8-19-13-4-2-7-18-12-13/h2,4,7,12,14-15,19H,3,5-6,8-11,17H2,1H3,(H,20,22)/t14-,15+/m0/s1. The van der Waals surface area contributed by atoms with E-state index in [1.807, 2.05) is 12.1 Å². The number of likely N-dealkylation sites (N-methyl/N-ethyl adjacent to an activating group) is 1. The van der Waals surface area contributed by atoms with Crippen molar-refractivity contribution < 1.29 is 4.79 Å². The Bertz CT molecular complexity index is 453. The number of carbonyl (C=O) groups excluding carboxylic acids is 1. The van der Waals surface area contributed by atoms with E-state index in [0.29, 0.717) is 31.6 Å². The zero-order chi connectivity index (χ0) is 15.8. The molecule has 2 heterocycles. The van der Waals surface area contributed by atoms with E-state index in [0.717, 1.165) is 31.5 Å². The predicted molar refractivity (Wildman–Crippen MR) is 88.6 cm³/mol. The van der Waals surface area contributed by atoms with Crippen molar-refractivity contribution in [3.05, 3.63) is 24.5 Å². The molecule has 0 saturated carbocycles. The summed E-state index contributed by atoms with van der Waals surface area (Å²) in [6.07, 6.45) is 7.17. The molecule has 1 amide bonds. The molecule has 1 aromatic rings. The first-order valence-corrected chi connectivity index (χ1v) is 8.03. The first-order valence-electron chi connectivity index (χ1n) is 8.03. The highest BCUT2D eigenvalue weighted by molar-refractivity contribution is 5.76. The number of nitrogens with one attached hydrogen (secondary N) is 2. The third kappa shape index (κ3) is 4.96. The molecule has 122 valence electrons. The number of hydrogen-bond acceptors (Lipinski definition) is 5. The molecule has 2 atom stereocenters. The van der Waals surface area contributed by atoms with Gasteiger partial charge in [0.05, 0.1) is 5.69 Å². The van der Waals surface area contributed by atoms with Crippen molar-refractivity contribution >= 4 is 11.6 Å². The number of likely N-dealkylation sites (tertiary alicyclic amines) is 1. The lowest BCUT2D eigenvalue weighted by Gasteiger charge is -2.24. The molecule has 0 spiro atoms. The molecule has 0 bridgehead atoms. The van der Waals surface area contributed by atoms with Crippen molar-refractivity contribution in [2.75, 3.05) is 32.0 Å². The number of amides is 1. The molecule has 1 aliphatic rings. The molecule has 0 aliphatic carbocycles. The molecule has 6 nitrogen and oxygen atoms in total. The first kappa shape index (κ1) is 16.7. The van der Waals surface area contributed by atoms with E-state index < -0.39 is 0 Å². The fraction of sp³-hybridized carbons (Fsp3) is 0.625. The van der Waals surface area contributed by atoms with E-state index >= 15 is 0 Å². The number of hydrogen-bond donors (Lipinski definition) is 3. The number of rotatable bonds is 8. The second-order valence-corrected chi connectivity index (χ2v) is 5.86. The van der Waals surface area contributed by atoms with Crippen LogP contribution >= 0.6 is 0 Å². The molecule has 0 unspecified atom stereocenters. The summed E-state index contributed by atoms with van der Waals surface area (Å²) in [5.41, 5.74) is 6.73. The Morgan fingerprint density at radius 1 is 1.41 bits per heavy atom. The molecule has 1 fully saturated rings. The highest BCUT2D eigenvalue weighted by Crippen LogP contribution is 2.23. The van der Waals surface area contributed by atoms with Crippen LogP contribution in [0.5, 0.6) is 0 Å². The predicted octanol–water partition coefficient (Wildman–Crippen LogP) is 0.811. The van der Waals surface area contributed by atoms with Crippen molar-refractivity contribution in [3.8, 4) is 0 Å². The molecule has 0 aromatic carbocycles. The molecule has 6 heteroatoms. The Labute approximate surface area is 132 Å². The van der Waals surface area contributed by atoms with Crippen LogP contribution in [0.3, 0.4) is 0 Å². The average Bonchev–Trinajstić information content (AvgIpc) is 2.88. The maximum atomic E-state index is 12.0. The van der Waals surface area contributed by atoms with Crippen LogP contribution < -0.4 is 16.4 Å². The zero-order valence-electron chi connectivity index (χ0n) is 13.3. The van der Waals surface area contributed by atoms with Crippen LogP contribution in [0.2, 0.25) is 0 Å². The highest BCUT2D eigenvalue weighted by Gasteiger charge is 2.30. The largest absolute Gasteiger partial charge is 0.384 e. The Morgan fingerprint density at radius 3 is 2.91 bits per heavy atom. The van der Waals surface area contributed by atoms with Crippen LogP contribution in [0.4, 0.5) is 5.69 Å². The van der Waals surface area contributed by atoms with E-state index in [4.69, 9.17) is 5.73 Å². The van der Waals surface area contributed by atoms with Crippen molar-refractivity contribution in [2.45, 2.75) is 37.8 Å². The van der Waals surface area contributed by atoms with Gasteiger partial charge in [-0.05, 0) is 38.4 Å². The Kier molecular flexibility index (Phi) is 6.61. The molecule has 0 radical (unpaired) electrons. The van der Waals surface area contributed by atoms with E-state index in [1.54, 1.807) is 12.4 Å². The number of aromatic nitrogens is 1. The van der Waals surface area contributed by atoms with Gasteiger partial charge in [0.2, 0.25) is 5.91 Å². The van der Waals surface area contributed by atoms with Crippen LogP contribution in [-0.2, 0) is 4.79 Å². The summed E-state index contributed by atoms with van der Waals surface area (Å²) in [6, 6.07) is 4.65. The quantitative estimate of drug-likeness (QED) is 0.619.